The Morgan fingerprint density at radius 1 is 0.493 bits per heavy atom. The monoisotopic (exact) mass is 1050 g/mol. The van der Waals surface area contributed by atoms with Crippen LogP contribution in [0.25, 0.3) is 0 Å². The van der Waals surface area contributed by atoms with Gasteiger partial charge in [0.05, 0.1) is 44.2 Å². The van der Waals surface area contributed by atoms with Crippen molar-refractivity contribution >= 4 is 23.5 Å². The molecule has 3 amide bonds. The molecule has 0 aromatic heterocycles. The van der Waals surface area contributed by atoms with E-state index in [1.165, 1.54) is 0 Å². The van der Waals surface area contributed by atoms with Crippen molar-refractivity contribution < 1.29 is 93.6 Å². The van der Waals surface area contributed by atoms with E-state index in [0.717, 1.165) is 6.42 Å². The van der Waals surface area contributed by atoms with E-state index in [4.69, 9.17) is 28.4 Å². The standard InChI is InChI=1S/C50H92N4O19/c1-31-41(61)44(64)36(28-55)71-48(31)68-25-11-8-17-34(58)16-6-5-7-18-35(51-4)47(67)54(23-14-21-52-39(59)19-9-12-26-69-49-32(2)42(62)45(65)37(29-56)72-49)24-15-22-53-40(60)20-10-13-27-70-50-33(3)43(63)46(66)38(30-57)73-50/h31-33,35-38,41-46,48-51,55-57,61-66H,5-30H2,1-4H3,(H,52,59)(H,53,60)/t31?,32?,33?,35-,36?,37?,38?,41?,42?,43?,44?,45?,46?,48?,49?,50?/m0/s1. The molecule has 3 fully saturated rings. The highest BCUT2D eigenvalue weighted by molar-refractivity contribution is 5.82. The van der Waals surface area contributed by atoms with Gasteiger partial charge in [-0.15, -0.1) is 0 Å². The van der Waals surface area contributed by atoms with Gasteiger partial charge in [0.1, 0.15) is 42.4 Å². The third kappa shape index (κ3) is 22.1. The quantitative estimate of drug-likeness (QED) is 0.0323. The van der Waals surface area contributed by atoms with Gasteiger partial charge in [-0.2, -0.15) is 0 Å². The van der Waals surface area contributed by atoms with Crippen molar-refractivity contribution in [2.75, 3.05) is 72.9 Å². The summed E-state index contributed by atoms with van der Waals surface area (Å²) in [7, 11) is 1.73. The molecule has 3 saturated heterocycles. The van der Waals surface area contributed by atoms with Gasteiger partial charge in [-0.1, -0.05) is 33.6 Å². The number of rotatable bonds is 37. The Hall–Kier alpha value is -2.56. The molecule has 3 heterocycles. The van der Waals surface area contributed by atoms with Crippen LogP contribution in [0.15, 0.2) is 0 Å². The number of unbranched alkanes of at least 4 members (excludes halogenated alkanes) is 5. The van der Waals surface area contributed by atoms with Gasteiger partial charge in [0.2, 0.25) is 17.7 Å². The van der Waals surface area contributed by atoms with Crippen LogP contribution in [0, 0.1) is 17.8 Å². The molecule has 0 spiro atoms. The van der Waals surface area contributed by atoms with Crippen LogP contribution in [0.4, 0.5) is 0 Å². The summed E-state index contributed by atoms with van der Waals surface area (Å²) in [5.41, 5.74) is 0. The zero-order chi connectivity index (χ0) is 53.9. The lowest BCUT2D eigenvalue weighted by Crippen LogP contribution is -2.55. The number of hydrogen-bond donors (Lipinski definition) is 12. The van der Waals surface area contributed by atoms with E-state index in [9.17, 15) is 65.1 Å². The first-order chi connectivity index (χ1) is 35.0. The average Bonchev–Trinajstić information content (AvgIpc) is 3.38. The predicted molar refractivity (Wildman–Crippen MR) is 263 cm³/mol. The average molecular weight is 1050 g/mol. The molecule has 23 nitrogen and oxygen atoms in total. The zero-order valence-electron chi connectivity index (χ0n) is 43.7. The van der Waals surface area contributed by atoms with Crippen molar-refractivity contribution in [1.29, 1.82) is 0 Å². The minimum atomic E-state index is -1.21. The maximum absolute atomic E-state index is 13.9. The summed E-state index contributed by atoms with van der Waals surface area (Å²) in [6, 6.07) is -0.480. The number of nitrogens with one attached hydrogen (secondary N) is 3. The van der Waals surface area contributed by atoms with E-state index in [1.807, 2.05) is 0 Å². The second-order valence-corrected chi connectivity index (χ2v) is 19.9. The lowest BCUT2D eigenvalue weighted by molar-refractivity contribution is -0.282. The van der Waals surface area contributed by atoms with Crippen LogP contribution in [-0.4, -0.2) is 227 Å². The molecule has 0 aromatic carbocycles. The SMILES string of the molecule is CN[C@@H](CCCCCC(=O)CCCCOC1OC(CO)C(O)C(O)C1C)C(=O)N(CCCNC(=O)CCCCOC1OC(CO)C(O)C(O)C1C)CCCNC(=O)CCCCOC1OC(CO)C(O)C(O)C1C. The number of aliphatic hydroxyl groups is 9. The highest BCUT2D eigenvalue weighted by atomic mass is 16.7. The normalized spacial score (nSPS) is 30.9. The Morgan fingerprint density at radius 2 is 0.849 bits per heavy atom. The number of aliphatic hydroxyl groups excluding tert-OH is 9. The van der Waals surface area contributed by atoms with Gasteiger partial charge in [0.15, 0.2) is 18.9 Å². The Labute approximate surface area is 430 Å². The van der Waals surface area contributed by atoms with Gasteiger partial charge < -0.3 is 95.2 Å². The lowest BCUT2D eigenvalue weighted by Gasteiger charge is -2.40. The largest absolute Gasteiger partial charge is 0.394 e. The van der Waals surface area contributed by atoms with E-state index < -0.39 is 117 Å². The van der Waals surface area contributed by atoms with Crippen LogP contribution in [0.3, 0.4) is 0 Å². The first kappa shape index (κ1) is 64.7. The molecule has 15 unspecified atom stereocenters. The molecule has 3 aliphatic heterocycles. The van der Waals surface area contributed by atoms with Crippen molar-refractivity contribution in [3.8, 4) is 0 Å². The molecule has 73 heavy (non-hydrogen) atoms. The molecule has 0 saturated carbocycles. The summed E-state index contributed by atoms with van der Waals surface area (Å²) in [6.07, 6.45) is -3.74. The van der Waals surface area contributed by atoms with Crippen LogP contribution in [0.5, 0.6) is 0 Å². The van der Waals surface area contributed by atoms with Crippen LogP contribution in [0.1, 0.15) is 124 Å². The van der Waals surface area contributed by atoms with E-state index in [1.54, 1.807) is 32.7 Å². The number of likely N-dealkylation sites (N-methyl/N-ethyl adjacent to an activating group) is 1. The van der Waals surface area contributed by atoms with Crippen molar-refractivity contribution in [3.63, 3.8) is 0 Å². The van der Waals surface area contributed by atoms with E-state index in [2.05, 4.69) is 16.0 Å². The zero-order valence-corrected chi connectivity index (χ0v) is 43.7. The van der Waals surface area contributed by atoms with Gasteiger partial charge in [-0.3, -0.25) is 19.2 Å². The molecular formula is C50H92N4O19. The molecule has 0 aromatic rings. The summed E-state index contributed by atoms with van der Waals surface area (Å²) in [5, 5.41) is 98.2. The number of carbonyl (C=O) groups excluding carboxylic acids is 4. The molecule has 3 rings (SSSR count). The fourth-order valence-electron chi connectivity index (χ4n) is 9.12. The number of ketones is 1. The van der Waals surface area contributed by atoms with E-state index >= 15 is 0 Å². The van der Waals surface area contributed by atoms with E-state index in [0.29, 0.717) is 116 Å². The smallest absolute Gasteiger partial charge is 0.239 e. The molecule has 12 N–H and O–H groups in total. The van der Waals surface area contributed by atoms with Crippen molar-refractivity contribution in [2.24, 2.45) is 17.8 Å². The highest BCUT2D eigenvalue weighted by Gasteiger charge is 2.44. The van der Waals surface area contributed by atoms with Gasteiger partial charge in [-0.05, 0) is 71.3 Å². The van der Waals surface area contributed by atoms with Gasteiger partial charge in [0.25, 0.3) is 0 Å². The second-order valence-electron chi connectivity index (χ2n) is 19.9. The van der Waals surface area contributed by atoms with Crippen LogP contribution < -0.4 is 16.0 Å². The first-order valence-corrected chi connectivity index (χ1v) is 26.7. The molecule has 16 atom stereocenters. The maximum atomic E-state index is 13.9. The fourth-order valence-corrected chi connectivity index (χ4v) is 9.12. The Morgan fingerprint density at radius 3 is 1.21 bits per heavy atom. The Balaban J connectivity index is 1.38. The summed E-state index contributed by atoms with van der Waals surface area (Å²) >= 11 is 0. The van der Waals surface area contributed by atoms with Crippen LogP contribution in [-0.2, 0) is 47.6 Å². The predicted octanol–water partition coefficient (Wildman–Crippen LogP) is -1.28. The number of carbonyl (C=O) groups is 4. The van der Waals surface area contributed by atoms with Crippen molar-refractivity contribution in [2.45, 2.75) is 203 Å². The summed E-state index contributed by atoms with van der Waals surface area (Å²) in [6.45, 7) is 5.94. The fraction of sp³-hybridized carbons (Fsp3) is 0.920. The molecule has 3 aliphatic rings. The molecule has 23 heteroatoms. The van der Waals surface area contributed by atoms with Gasteiger partial charge in [-0.25, -0.2) is 0 Å². The van der Waals surface area contributed by atoms with Gasteiger partial charge in [0, 0.05) is 89.4 Å². The number of Topliss-reactive ketones (excluding diaryl/α,β-unsaturated/α-hetero) is 1. The number of hydrogen-bond acceptors (Lipinski definition) is 20. The summed E-state index contributed by atoms with van der Waals surface area (Å²) in [5.74, 6) is -1.77. The van der Waals surface area contributed by atoms with Gasteiger partial charge >= 0.3 is 0 Å². The van der Waals surface area contributed by atoms with Crippen LogP contribution in [0.2, 0.25) is 0 Å². The lowest BCUT2D eigenvalue weighted by atomic mass is 9.92. The molecule has 0 bridgehead atoms. The Bertz CT molecular complexity index is 1480. The maximum Gasteiger partial charge on any atom is 0.239 e. The minimum absolute atomic E-state index is 0.101. The summed E-state index contributed by atoms with van der Waals surface area (Å²) in [4.78, 5) is 53.7. The number of amides is 3. The van der Waals surface area contributed by atoms with Crippen LogP contribution >= 0.6 is 0 Å². The van der Waals surface area contributed by atoms with Crippen molar-refractivity contribution in [3.05, 3.63) is 0 Å². The van der Waals surface area contributed by atoms with E-state index in [-0.39, 0.29) is 49.6 Å². The van der Waals surface area contributed by atoms with Crippen molar-refractivity contribution in [1.82, 2.24) is 20.9 Å². The third-order valence-electron chi connectivity index (χ3n) is 14.1. The molecular weight excluding hydrogens is 961 g/mol. The Kier molecular flexibility index (Phi) is 31.7. The number of ether oxygens (including phenoxy) is 6. The second kappa shape index (κ2) is 35.7. The topological polar surface area (TPSA) is 345 Å². The summed E-state index contributed by atoms with van der Waals surface area (Å²) < 4.78 is 34.0. The highest BCUT2D eigenvalue weighted by Crippen LogP contribution is 2.29. The number of nitrogens with zero attached hydrogens (tertiary/aromatic N) is 1. The molecule has 0 aliphatic carbocycles. The molecule has 0 radical (unpaired) electrons. The molecule has 426 valence electrons. The third-order valence-corrected chi connectivity index (χ3v) is 14.1. The first-order valence-electron chi connectivity index (χ1n) is 26.7. The minimum Gasteiger partial charge on any atom is -0.394 e.